The van der Waals surface area contributed by atoms with Crippen LogP contribution in [-0.2, 0) is 16.8 Å². The maximum Gasteiger partial charge on any atom is 0.258 e. The number of ether oxygens (including phenoxy) is 1. The third kappa shape index (κ3) is 4.05. The zero-order valence-electron chi connectivity index (χ0n) is 17.4. The average molecular weight is 448 g/mol. The van der Waals surface area contributed by atoms with E-state index in [9.17, 15) is 13.6 Å². The Labute approximate surface area is 182 Å². The van der Waals surface area contributed by atoms with Crippen molar-refractivity contribution in [1.82, 2.24) is 19.7 Å². The third-order valence-corrected chi connectivity index (χ3v) is 6.78. The molecule has 1 amide bonds. The molecule has 4 heterocycles. The molecular weight excluding hydrogens is 424 g/mol. The fraction of sp³-hybridized carbons (Fsp3) is 0.381. The molecule has 164 valence electrons. The lowest BCUT2D eigenvalue weighted by atomic mass is 10.0. The van der Waals surface area contributed by atoms with E-state index < -0.39 is 18.5 Å². The number of rotatable bonds is 8. The van der Waals surface area contributed by atoms with Crippen LogP contribution in [0.15, 0.2) is 36.7 Å². The standard InChI is InChI=1S/C21H23F2N5O2S/c1-21(2)19-14(20(29)27(21)8-9-30-3)11-15(31-19)13-4-6-24-17(10-13)26-18-5-7-25-28(18)12-16(22)23/h4-7,10-11,16H,8-9,12H2,1-3H3,(H,24,26). The smallest absolute Gasteiger partial charge is 0.258 e. The largest absolute Gasteiger partial charge is 0.383 e. The van der Waals surface area contributed by atoms with Crippen LogP contribution in [0.25, 0.3) is 10.4 Å². The molecule has 4 rings (SSSR count). The Morgan fingerprint density at radius 3 is 2.77 bits per heavy atom. The number of hydrogen-bond acceptors (Lipinski definition) is 6. The quantitative estimate of drug-likeness (QED) is 0.556. The molecule has 0 aliphatic carbocycles. The zero-order chi connectivity index (χ0) is 22.2. The van der Waals surface area contributed by atoms with E-state index in [-0.39, 0.29) is 5.91 Å². The molecule has 1 aliphatic rings. The second-order valence-corrected chi connectivity index (χ2v) is 8.76. The molecule has 7 nitrogen and oxygen atoms in total. The molecule has 1 aliphatic heterocycles. The van der Waals surface area contributed by atoms with Crippen LogP contribution in [0.5, 0.6) is 0 Å². The fourth-order valence-corrected chi connectivity index (χ4v) is 4.99. The van der Waals surface area contributed by atoms with Gasteiger partial charge in [0.05, 0.1) is 23.9 Å². The summed E-state index contributed by atoms with van der Waals surface area (Å²) in [4.78, 5) is 21.0. The van der Waals surface area contributed by atoms with Crippen LogP contribution >= 0.6 is 11.3 Å². The highest BCUT2D eigenvalue weighted by atomic mass is 32.1. The summed E-state index contributed by atoms with van der Waals surface area (Å²) in [5, 5.41) is 6.96. The van der Waals surface area contributed by atoms with Crippen molar-refractivity contribution in [3.8, 4) is 10.4 Å². The Morgan fingerprint density at radius 1 is 1.26 bits per heavy atom. The summed E-state index contributed by atoms with van der Waals surface area (Å²) >= 11 is 1.58. The molecule has 1 N–H and O–H groups in total. The normalized spacial score (nSPS) is 15.0. The lowest BCUT2D eigenvalue weighted by Gasteiger charge is -2.32. The van der Waals surface area contributed by atoms with Gasteiger partial charge in [0.1, 0.15) is 18.2 Å². The minimum atomic E-state index is -2.50. The average Bonchev–Trinajstić information content (AvgIpc) is 3.39. The van der Waals surface area contributed by atoms with Crippen molar-refractivity contribution >= 4 is 28.9 Å². The Balaban J connectivity index is 1.59. The van der Waals surface area contributed by atoms with E-state index in [0.29, 0.717) is 30.4 Å². The van der Waals surface area contributed by atoms with Crippen LogP contribution in [-0.4, -0.2) is 52.3 Å². The van der Waals surface area contributed by atoms with Crippen molar-refractivity contribution in [2.75, 3.05) is 25.6 Å². The number of fused-ring (bicyclic) bond motifs is 1. The van der Waals surface area contributed by atoms with Crippen molar-refractivity contribution in [1.29, 1.82) is 0 Å². The van der Waals surface area contributed by atoms with Crippen molar-refractivity contribution in [3.63, 3.8) is 0 Å². The molecular formula is C21H23F2N5O2S. The van der Waals surface area contributed by atoms with Gasteiger partial charge in [-0.15, -0.1) is 11.3 Å². The van der Waals surface area contributed by atoms with Gasteiger partial charge in [0, 0.05) is 35.7 Å². The predicted octanol–water partition coefficient (Wildman–Crippen LogP) is 4.35. The molecule has 10 heteroatoms. The molecule has 0 aromatic carbocycles. The number of anilines is 2. The Kier molecular flexibility index (Phi) is 5.76. The molecule has 0 saturated carbocycles. The first-order valence-electron chi connectivity index (χ1n) is 9.80. The summed E-state index contributed by atoms with van der Waals surface area (Å²) in [5.41, 5.74) is 1.19. The third-order valence-electron chi connectivity index (χ3n) is 5.29. The minimum Gasteiger partial charge on any atom is -0.383 e. The zero-order valence-corrected chi connectivity index (χ0v) is 18.2. The first-order chi connectivity index (χ1) is 14.8. The van der Waals surface area contributed by atoms with Gasteiger partial charge in [-0.05, 0) is 37.6 Å². The van der Waals surface area contributed by atoms with Gasteiger partial charge in [-0.2, -0.15) is 5.10 Å². The maximum absolute atomic E-state index is 12.9. The Morgan fingerprint density at radius 2 is 2.06 bits per heavy atom. The summed E-state index contributed by atoms with van der Waals surface area (Å²) in [5.74, 6) is 0.945. The Hall–Kier alpha value is -2.85. The first-order valence-corrected chi connectivity index (χ1v) is 10.6. The summed E-state index contributed by atoms with van der Waals surface area (Å²) in [6.07, 6.45) is 0.605. The number of nitrogens with zero attached hydrogens (tertiary/aromatic N) is 4. The van der Waals surface area contributed by atoms with Gasteiger partial charge >= 0.3 is 0 Å². The molecule has 0 spiro atoms. The maximum atomic E-state index is 12.9. The fourth-order valence-electron chi connectivity index (χ4n) is 3.73. The number of methoxy groups -OCH3 is 1. The summed E-state index contributed by atoms with van der Waals surface area (Å²) < 4.78 is 31.8. The summed E-state index contributed by atoms with van der Waals surface area (Å²) in [6.45, 7) is 4.60. The van der Waals surface area contributed by atoms with Gasteiger partial charge in [0.2, 0.25) is 0 Å². The number of hydrogen-bond donors (Lipinski definition) is 1. The second-order valence-electron chi connectivity index (χ2n) is 7.71. The molecule has 3 aromatic heterocycles. The van der Waals surface area contributed by atoms with E-state index in [2.05, 4.69) is 15.4 Å². The van der Waals surface area contributed by atoms with Gasteiger partial charge in [-0.25, -0.2) is 18.4 Å². The van der Waals surface area contributed by atoms with Crippen LogP contribution in [0.4, 0.5) is 20.4 Å². The number of alkyl halides is 2. The highest BCUT2D eigenvalue weighted by Crippen LogP contribution is 2.46. The van der Waals surface area contributed by atoms with Crippen LogP contribution in [0, 0.1) is 0 Å². The number of carbonyl (C=O) groups is 1. The van der Waals surface area contributed by atoms with E-state index >= 15 is 0 Å². The molecule has 0 atom stereocenters. The van der Waals surface area contributed by atoms with Crippen molar-refractivity contribution < 1.29 is 18.3 Å². The van der Waals surface area contributed by atoms with Crippen LogP contribution in [0.2, 0.25) is 0 Å². The number of amides is 1. The van der Waals surface area contributed by atoms with Crippen LogP contribution < -0.4 is 5.32 Å². The van der Waals surface area contributed by atoms with Gasteiger partial charge < -0.3 is 15.0 Å². The monoisotopic (exact) mass is 447 g/mol. The van der Waals surface area contributed by atoms with E-state index in [1.54, 1.807) is 30.7 Å². The van der Waals surface area contributed by atoms with Crippen LogP contribution in [0.3, 0.4) is 0 Å². The molecule has 0 bridgehead atoms. The number of halogens is 2. The predicted molar refractivity (Wildman–Crippen MR) is 115 cm³/mol. The topological polar surface area (TPSA) is 72.3 Å². The van der Waals surface area contributed by atoms with Gasteiger partial charge in [0.15, 0.2) is 0 Å². The lowest BCUT2D eigenvalue weighted by Crippen LogP contribution is -2.41. The Bertz CT molecular complexity index is 1100. The van der Waals surface area contributed by atoms with Crippen molar-refractivity contribution in [2.24, 2.45) is 0 Å². The van der Waals surface area contributed by atoms with E-state index in [4.69, 9.17) is 4.74 Å². The molecule has 3 aromatic rings. The van der Waals surface area contributed by atoms with E-state index in [1.165, 1.54) is 10.9 Å². The minimum absolute atomic E-state index is 0.00264. The van der Waals surface area contributed by atoms with Gasteiger partial charge in [-0.1, -0.05) is 0 Å². The molecule has 0 unspecified atom stereocenters. The summed E-state index contributed by atoms with van der Waals surface area (Å²) in [6, 6.07) is 7.23. The van der Waals surface area contributed by atoms with Crippen molar-refractivity contribution in [3.05, 3.63) is 47.1 Å². The van der Waals surface area contributed by atoms with E-state index in [1.807, 2.05) is 36.9 Å². The van der Waals surface area contributed by atoms with Gasteiger partial charge in [-0.3, -0.25) is 4.79 Å². The molecule has 0 saturated heterocycles. The summed E-state index contributed by atoms with van der Waals surface area (Å²) in [7, 11) is 1.62. The van der Waals surface area contributed by atoms with Gasteiger partial charge in [0.25, 0.3) is 12.3 Å². The lowest BCUT2D eigenvalue weighted by molar-refractivity contribution is 0.0526. The molecule has 31 heavy (non-hydrogen) atoms. The molecule has 0 radical (unpaired) electrons. The van der Waals surface area contributed by atoms with Crippen LogP contribution in [0.1, 0.15) is 29.1 Å². The highest BCUT2D eigenvalue weighted by molar-refractivity contribution is 7.16. The highest BCUT2D eigenvalue weighted by Gasteiger charge is 2.44. The van der Waals surface area contributed by atoms with E-state index in [0.717, 1.165) is 15.3 Å². The number of pyridine rings is 1. The number of aromatic nitrogens is 3. The molecule has 0 fully saturated rings. The number of thiophene rings is 1. The first kappa shape index (κ1) is 21.4. The number of carbonyl (C=O) groups excluding carboxylic acids is 1. The number of nitrogens with one attached hydrogen (secondary N) is 1. The van der Waals surface area contributed by atoms with Crippen molar-refractivity contribution in [2.45, 2.75) is 32.4 Å². The SMILES string of the molecule is COCCN1C(=O)c2cc(-c3ccnc(Nc4ccnn4CC(F)F)c3)sc2C1(C)C. The second kappa shape index (κ2) is 8.35.